The van der Waals surface area contributed by atoms with Crippen LogP contribution < -0.4 is 23.8 Å². The first-order valence-electron chi connectivity index (χ1n) is 9.28. The van der Waals surface area contributed by atoms with Crippen LogP contribution in [0.4, 0.5) is 5.69 Å². The SMILES string of the molecule is COc1ccc(OC)c(N([C@H](C)C(=O)N[C@H](C)c2ccccc2OC)S(C)(=O)=O)c1. The average Bonchev–Trinajstić information content (AvgIpc) is 2.72. The highest BCUT2D eigenvalue weighted by Gasteiger charge is 2.32. The number of amides is 1. The van der Waals surface area contributed by atoms with Gasteiger partial charge >= 0.3 is 0 Å². The van der Waals surface area contributed by atoms with Crippen molar-refractivity contribution in [1.82, 2.24) is 5.32 Å². The van der Waals surface area contributed by atoms with Crippen molar-refractivity contribution in [3.8, 4) is 17.2 Å². The second-order valence-electron chi connectivity index (χ2n) is 6.74. The highest BCUT2D eigenvalue weighted by atomic mass is 32.2. The van der Waals surface area contributed by atoms with Gasteiger partial charge in [0.15, 0.2) is 0 Å². The van der Waals surface area contributed by atoms with E-state index in [4.69, 9.17) is 14.2 Å². The Kier molecular flexibility index (Phi) is 7.55. The highest BCUT2D eigenvalue weighted by molar-refractivity contribution is 7.92. The van der Waals surface area contributed by atoms with E-state index in [9.17, 15) is 13.2 Å². The Morgan fingerprint density at radius 2 is 1.60 bits per heavy atom. The second-order valence-corrected chi connectivity index (χ2v) is 8.60. The second kappa shape index (κ2) is 9.71. The summed E-state index contributed by atoms with van der Waals surface area (Å²) >= 11 is 0. The molecule has 0 aromatic heterocycles. The van der Waals surface area contributed by atoms with Crippen LogP contribution in [0.1, 0.15) is 25.5 Å². The molecule has 0 unspecified atom stereocenters. The van der Waals surface area contributed by atoms with E-state index >= 15 is 0 Å². The normalized spacial score (nSPS) is 13.1. The number of methoxy groups -OCH3 is 3. The third kappa shape index (κ3) is 5.15. The van der Waals surface area contributed by atoms with Crippen molar-refractivity contribution in [2.24, 2.45) is 0 Å². The standard InChI is InChI=1S/C21H28N2O6S/c1-14(17-9-7-8-10-19(17)28-4)22-21(24)15(2)23(30(6,25)26)18-13-16(27-3)11-12-20(18)29-5/h7-15H,1-6H3,(H,22,24)/t14-,15-/m1/s1. The van der Waals surface area contributed by atoms with E-state index in [1.54, 1.807) is 32.2 Å². The quantitative estimate of drug-likeness (QED) is 0.650. The molecule has 0 radical (unpaired) electrons. The van der Waals surface area contributed by atoms with Gasteiger partial charge in [-0.15, -0.1) is 0 Å². The van der Waals surface area contributed by atoms with E-state index in [-0.39, 0.29) is 5.69 Å². The van der Waals surface area contributed by atoms with Crippen molar-refractivity contribution in [2.45, 2.75) is 25.9 Å². The lowest BCUT2D eigenvalue weighted by atomic mass is 10.1. The van der Waals surface area contributed by atoms with Crippen molar-refractivity contribution >= 4 is 21.6 Å². The Labute approximate surface area is 177 Å². The first kappa shape index (κ1) is 23.3. The van der Waals surface area contributed by atoms with Crippen LogP contribution in [-0.4, -0.2) is 48.0 Å². The fourth-order valence-electron chi connectivity index (χ4n) is 3.19. The third-order valence-corrected chi connectivity index (χ3v) is 5.90. The summed E-state index contributed by atoms with van der Waals surface area (Å²) < 4.78 is 42.2. The molecule has 9 heteroatoms. The number of para-hydroxylation sites is 1. The molecule has 0 heterocycles. The summed E-state index contributed by atoms with van der Waals surface area (Å²) in [5, 5.41) is 2.86. The Bertz CT molecular complexity index is 993. The van der Waals surface area contributed by atoms with Crippen molar-refractivity contribution in [3.05, 3.63) is 48.0 Å². The minimum atomic E-state index is -3.82. The number of nitrogens with one attached hydrogen (secondary N) is 1. The van der Waals surface area contributed by atoms with Gasteiger partial charge in [-0.05, 0) is 32.0 Å². The van der Waals surface area contributed by atoms with Gasteiger partial charge in [-0.25, -0.2) is 8.42 Å². The van der Waals surface area contributed by atoms with Crippen LogP contribution in [0.25, 0.3) is 0 Å². The Balaban J connectivity index is 2.39. The minimum Gasteiger partial charge on any atom is -0.497 e. The Morgan fingerprint density at radius 1 is 0.967 bits per heavy atom. The maximum absolute atomic E-state index is 13.0. The number of carbonyl (C=O) groups is 1. The van der Waals surface area contributed by atoms with E-state index in [2.05, 4.69) is 5.32 Å². The van der Waals surface area contributed by atoms with Crippen molar-refractivity contribution in [2.75, 3.05) is 31.9 Å². The minimum absolute atomic E-state index is 0.215. The molecule has 0 spiro atoms. The number of benzene rings is 2. The summed E-state index contributed by atoms with van der Waals surface area (Å²) in [5.74, 6) is 0.907. The number of hydrogen-bond donors (Lipinski definition) is 1. The largest absolute Gasteiger partial charge is 0.497 e. The molecule has 0 fully saturated rings. The van der Waals surface area contributed by atoms with Crippen LogP contribution in [0.15, 0.2) is 42.5 Å². The fraction of sp³-hybridized carbons (Fsp3) is 0.381. The molecular formula is C21H28N2O6S. The lowest BCUT2D eigenvalue weighted by molar-refractivity contribution is -0.122. The highest BCUT2D eigenvalue weighted by Crippen LogP contribution is 2.35. The zero-order valence-corrected chi connectivity index (χ0v) is 18.8. The van der Waals surface area contributed by atoms with Crippen LogP contribution >= 0.6 is 0 Å². The summed E-state index contributed by atoms with van der Waals surface area (Å²) in [6.45, 7) is 3.32. The average molecular weight is 437 g/mol. The monoisotopic (exact) mass is 436 g/mol. The van der Waals surface area contributed by atoms with Gasteiger partial charge in [-0.3, -0.25) is 9.10 Å². The molecule has 30 heavy (non-hydrogen) atoms. The van der Waals surface area contributed by atoms with E-state index in [1.165, 1.54) is 27.2 Å². The molecule has 0 aliphatic carbocycles. The molecule has 1 amide bonds. The zero-order chi connectivity index (χ0) is 22.5. The molecule has 0 saturated heterocycles. The van der Waals surface area contributed by atoms with Gasteiger partial charge in [0.2, 0.25) is 15.9 Å². The summed E-state index contributed by atoms with van der Waals surface area (Å²) in [7, 11) is 0.636. The topological polar surface area (TPSA) is 94.2 Å². The van der Waals surface area contributed by atoms with Crippen molar-refractivity contribution in [1.29, 1.82) is 0 Å². The predicted molar refractivity (Wildman–Crippen MR) is 116 cm³/mol. The number of nitrogens with zero attached hydrogens (tertiary/aromatic N) is 1. The lowest BCUT2D eigenvalue weighted by Crippen LogP contribution is -2.48. The molecule has 0 bridgehead atoms. The molecular weight excluding hydrogens is 408 g/mol. The summed E-state index contributed by atoms with van der Waals surface area (Å²) in [5.41, 5.74) is 0.998. The molecule has 0 saturated carbocycles. The predicted octanol–water partition coefficient (Wildman–Crippen LogP) is 2.74. The summed E-state index contributed by atoms with van der Waals surface area (Å²) in [6.07, 6.45) is 1.04. The van der Waals surface area contributed by atoms with E-state index < -0.39 is 28.0 Å². The van der Waals surface area contributed by atoms with Crippen LogP contribution in [0.2, 0.25) is 0 Å². The first-order chi connectivity index (χ1) is 14.1. The molecule has 164 valence electrons. The molecule has 8 nitrogen and oxygen atoms in total. The summed E-state index contributed by atoms with van der Waals surface area (Å²) in [6, 6.07) is 10.6. The number of sulfonamides is 1. The van der Waals surface area contributed by atoms with E-state index in [0.717, 1.165) is 16.1 Å². The van der Waals surface area contributed by atoms with Crippen LogP contribution in [0.3, 0.4) is 0 Å². The third-order valence-electron chi connectivity index (χ3n) is 4.68. The van der Waals surface area contributed by atoms with Crippen LogP contribution in [0, 0.1) is 0 Å². The Morgan fingerprint density at radius 3 is 2.17 bits per heavy atom. The van der Waals surface area contributed by atoms with E-state index in [1.807, 2.05) is 18.2 Å². The number of rotatable bonds is 9. The lowest BCUT2D eigenvalue weighted by Gasteiger charge is -2.30. The van der Waals surface area contributed by atoms with Gasteiger partial charge in [0, 0.05) is 11.6 Å². The maximum Gasteiger partial charge on any atom is 0.244 e. The number of ether oxygens (including phenoxy) is 3. The van der Waals surface area contributed by atoms with Gasteiger partial charge in [0.1, 0.15) is 23.3 Å². The molecule has 2 aromatic carbocycles. The van der Waals surface area contributed by atoms with Gasteiger partial charge < -0.3 is 19.5 Å². The van der Waals surface area contributed by atoms with Crippen LogP contribution in [-0.2, 0) is 14.8 Å². The van der Waals surface area contributed by atoms with Gasteiger partial charge in [-0.2, -0.15) is 0 Å². The smallest absolute Gasteiger partial charge is 0.244 e. The molecule has 0 aliphatic rings. The van der Waals surface area contributed by atoms with Crippen molar-refractivity contribution < 1.29 is 27.4 Å². The zero-order valence-electron chi connectivity index (χ0n) is 18.0. The molecule has 2 aromatic rings. The fourth-order valence-corrected chi connectivity index (χ4v) is 4.36. The van der Waals surface area contributed by atoms with E-state index in [0.29, 0.717) is 17.2 Å². The summed E-state index contributed by atoms with van der Waals surface area (Å²) in [4.78, 5) is 13.0. The molecule has 1 N–H and O–H groups in total. The van der Waals surface area contributed by atoms with Gasteiger partial charge in [-0.1, -0.05) is 18.2 Å². The number of hydrogen-bond acceptors (Lipinski definition) is 6. The van der Waals surface area contributed by atoms with Gasteiger partial charge in [0.25, 0.3) is 0 Å². The van der Waals surface area contributed by atoms with Crippen molar-refractivity contribution in [3.63, 3.8) is 0 Å². The molecule has 0 aliphatic heterocycles. The van der Waals surface area contributed by atoms with Gasteiger partial charge in [0.05, 0.1) is 39.3 Å². The maximum atomic E-state index is 13.0. The molecule has 2 atom stereocenters. The number of carbonyl (C=O) groups excluding carboxylic acids is 1. The number of anilines is 1. The molecule has 2 rings (SSSR count). The Hall–Kier alpha value is -2.94. The van der Waals surface area contributed by atoms with Crippen LogP contribution in [0.5, 0.6) is 17.2 Å². The first-order valence-corrected chi connectivity index (χ1v) is 11.1.